The van der Waals surface area contributed by atoms with E-state index < -0.39 is 41.6 Å². The Bertz CT molecular complexity index is 1030. The van der Waals surface area contributed by atoms with Crippen LogP contribution in [0, 0.1) is 11.8 Å². The molecule has 0 aromatic carbocycles. The van der Waals surface area contributed by atoms with Crippen LogP contribution in [0.2, 0.25) is 0 Å². The fraction of sp³-hybridized carbons (Fsp3) is 0.724. The second kappa shape index (κ2) is 24.6. The highest BCUT2D eigenvalue weighted by Crippen LogP contribution is 2.16. The Morgan fingerprint density at radius 3 is 1.91 bits per heavy atom. The van der Waals surface area contributed by atoms with E-state index in [1.54, 1.807) is 11.8 Å². The van der Waals surface area contributed by atoms with Gasteiger partial charge in [0.05, 0.1) is 18.0 Å². The minimum absolute atomic E-state index is 0.0194. The van der Waals surface area contributed by atoms with E-state index in [0.717, 1.165) is 0 Å². The molecule has 0 bridgehead atoms. The Labute approximate surface area is 279 Å². The second-order valence-corrected chi connectivity index (χ2v) is 13.0. The molecule has 0 aromatic heterocycles. The lowest BCUT2D eigenvalue weighted by molar-refractivity contribution is -0.132. The van der Waals surface area contributed by atoms with Crippen LogP contribution in [0.4, 0.5) is 0 Å². The molecule has 0 heterocycles. The molecule has 0 spiro atoms. The average Bonchev–Trinajstić information content (AvgIpc) is 2.97. The number of hydrogen-bond acceptors (Lipinski definition) is 11. The number of amides is 5. The lowest BCUT2D eigenvalue weighted by Gasteiger charge is -2.21. The molecular formula is C29H49N5O8S3. The largest absolute Gasteiger partial charge is 0.370 e. The number of hydrogen-bond donors (Lipinski definition) is 6. The zero-order valence-electron chi connectivity index (χ0n) is 26.4. The van der Waals surface area contributed by atoms with Gasteiger partial charge in [-0.2, -0.15) is 36.2 Å². The molecule has 256 valence electrons. The normalized spacial score (nSPS) is 13.5. The highest BCUT2D eigenvalue weighted by molar-refractivity contribution is 7.98. The highest BCUT2D eigenvalue weighted by Gasteiger charge is 2.27. The number of ketones is 3. The van der Waals surface area contributed by atoms with E-state index >= 15 is 0 Å². The van der Waals surface area contributed by atoms with E-state index in [0.29, 0.717) is 24.3 Å². The maximum Gasteiger partial charge on any atom is 0.223 e. The van der Waals surface area contributed by atoms with E-state index in [9.17, 15) is 38.4 Å². The second-order valence-electron chi connectivity index (χ2n) is 10.7. The molecule has 4 atom stereocenters. The van der Waals surface area contributed by atoms with Crippen LogP contribution in [0.15, 0.2) is 0 Å². The fourth-order valence-corrected chi connectivity index (χ4v) is 5.64. The molecule has 0 fully saturated rings. The predicted octanol–water partition coefficient (Wildman–Crippen LogP) is 0.559. The lowest BCUT2D eigenvalue weighted by atomic mass is 9.94. The Morgan fingerprint density at radius 2 is 1.36 bits per heavy atom. The maximum atomic E-state index is 13.0. The van der Waals surface area contributed by atoms with Gasteiger partial charge in [0, 0.05) is 63.7 Å². The third kappa shape index (κ3) is 20.2. The lowest BCUT2D eigenvalue weighted by Crippen LogP contribution is -2.44. The van der Waals surface area contributed by atoms with Crippen molar-refractivity contribution in [3.63, 3.8) is 0 Å². The molecule has 45 heavy (non-hydrogen) atoms. The van der Waals surface area contributed by atoms with Gasteiger partial charge in [-0.25, -0.2) is 0 Å². The van der Waals surface area contributed by atoms with Gasteiger partial charge in [0.1, 0.15) is 5.78 Å². The van der Waals surface area contributed by atoms with E-state index in [2.05, 4.69) is 28.6 Å². The van der Waals surface area contributed by atoms with Crippen LogP contribution in [-0.2, 0) is 38.4 Å². The third-order valence-electron chi connectivity index (χ3n) is 6.90. The minimum atomic E-state index is -1.01. The van der Waals surface area contributed by atoms with Gasteiger partial charge in [-0.1, -0.05) is 0 Å². The molecule has 0 rings (SSSR count). The van der Waals surface area contributed by atoms with Crippen molar-refractivity contribution in [2.45, 2.75) is 83.2 Å². The molecule has 0 aliphatic heterocycles. The Balaban J connectivity index is 5.09. The van der Waals surface area contributed by atoms with Crippen molar-refractivity contribution in [3.8, 4) is 0 Å². The van der Waals surface area contributed by atoms with Crippen LogP contribution in [-0.4, -0.2) is 95.3 Å². The number of carbonyl (C=O) groups excluding carboxylic acids is 8. The van der Waals surface area contributed by atoms with Crippen molar-refractivity contribution < 1.29 is 38.4 Å². The maximum absolute atomic E-state index is 13.0. The first-order valence-electron chi connectivity index (χ1n) is 14.8. The minimum Gasteiger partial charge on any atom is -0.370 e. The van der Waals surface area contributed by atoms with Crippen LogP contribution in [0.1, 0.15) is 71.1 Å². The summed E-state index contributed by atoms with van der Waals surface area (Å²) >= 11 is 7.09. The zero-order valence-corrected chi connectivity index (χ0v) is 28.9. The molecule has 0 saturated heterocycles. The van der Waals surface area contributed by atoms with Crippen LogP contribution in [0.25, 0.3) is 0 Å². The van der Waals surface area contributed by atoms with Crippen molar-refractivity contribution >= 4 is 83.0 Å². The summed E-state index contributed by atoms with van der Waals surface area (Å²) in [5, 5.41) is 7.94. The molecule has 7 N–H and O–H groups in total. The molecule has 4 unspecified atom stereocenters. The molecule has 0 aliphatic rings. The van der Waals surface area contributed by atoms with E-state index in [1.807, 2.05) is 12.5 Å². The number of carbonyl (C=O) groups is 8. The summed E-state index contributed by atoms with van der Waals surface area (Å²) < 4.78 is 0. The summed E-state index contributed by atoms with van der Waals surface area (Å²) in [6.07, 6.45) is 4.40. The van der Waals surface area contributed by atoms with Gasteiger partial charge in [-0.3, -0.25) is 38.4 Å². The fourth-order valence-electron chi connectivity index (χ4n) is 4.34. The zero-order chi connectivity index (χ0) is 34.4. The van der Waals surface area contributed by atoms with Gasteiger partial charge in [-0.15, -0.1) is 0 Å². The molecule has 0 aromatic rings. The number of thioether (sulfide) groups is 2. The topological polar surface area (TPSA) is 225 Å². The van der Waals surface area contributed by atoms with E-state index in [1.165, 1.54) is 18.7 Å². The summed E-state index contributed by atoms with van der Waals surface area (Å²) in [6, 6.07) is -1.69. The van der Waals surface area contributed by atoms with Gasteiger partial charge in [0.15, 0.2) is 11.6 Å². The molecule has 16 heteroatoms. The van der Waals surface area contributed by atoms with Gasteiger partial charge < -0.3 is 27.4 Å². The molecule has 5 amide bonds. The standard InChI is InChI=1S/C29H49N5O8S3/c1-18(35)33-23(11-14-45-3)25(38)16-19(10-13-44-2)29(42)32-12-9-27(40)34-22(7-8-26(30)39)24(37)6-4-5-21(36)15-20(17-43)28(31)41/h19-20,22-23,43H,4-17H2,1-3H3,(H2,30,39)(H2,31,41)(H,32,42)(H,33,35)(H,34,40). The van der Waals surface area contributed by atoms with E-state index in [-0.39, 0.29) is 92.8 Å². The average molecular weight is 692 g/mol. The smallest absolute Gasteiger partial charge is 0.223 e. The molecule has 0 aliphatic carbocycles. The molecular weight excluding hydrogens is 643 g/mol. The number of rotatable bonds is 27. The van der Waals surface area contributed by atoms with Gasteiger partial charge >= 0.3 is 0 Å². The molecule has 0 radical (unpaired) electrons. The summed E-state index contributed by atoms with van der Waals surface area (Å²) in [5.41, 5.74) is 10.5. The van der Waals surface area contributed by atoms with Crippen molar-refractivity contribution in [3.05, 3.63) is 0 Å². The van der Waals surface area contributed by atoms with Crippen LogP contribution in [0.5, 0.6) is 0 Å². The molecule has 13 nitrogen and oxygen atoms in total. The van der Waals surface area contributed by atoms with Gasteiger partial charge in [0.25, 0.3) is 0 Å². The highest BCUT2D eigenvalue weighted by atomic mass is 32.2. The summed E-state index contributed by atoms with van der Waals surface area (Å²) in [6.45, 7) is 1.29. The number of primary amides is 2. The van der Waals surface area contributed by atoms with Crippen LogP contribution in [0.3, 0.4) is 0 Å². The SMILES string of the molecule is CSCCC(CC(=O)C(CCSC)NC(C)=O)C(=O)NCCC(=O)NC(CCC(N)=O)C(=O)CCCC(=O)CC(CS)C(N)=O. The summed E-state index contributed by atoms with van der Waals surface area (Å²) in [4.78, 5) is 97.8. The summed E-state index contributed by atoms with van der Waals surface area (Å²) in [7, 11) is 0. The number of nitrogens with two attached hydrogens (primary N) is 2. The Kier molecular flexibility index (Phi) is 23.2. The van der Waals surface area contributed by atoms with Crippen molar-refractivity contribution in [1.82, 2.24) is 16.0 Å². The first-order valence-corrected chi connectivity index (χ1v) is 18.2. The van der Waals surface area contributed by atoms with Crippen molar-refractivity contribution in [1.29, 1.82) is 0 Å². The first kappa shape index (κ1) is 42.4. The van der Waals surface area contributed by atoms with E-state index in [4.69, 9.17) is 11.5 Å². The summed E-state index contributed by atoms with van der Waals surface area (Å²) in [5.74, 6) is -3.26. The predicted molar refractivity (Wildman–Crippen MR) is 180 cm³/mol. The first-order chi connectivity index (χ1) is 21.2. The molecule has 0 saturated carbocycles. The Hall–Kier alpha value is -2.59. The Morgan fingerprint density at radius 1 is 0.733 bits per heavy atom. The quantitative estimate of drug-likeness (QED) is 0.0657. The van der Waals surface area contributed by atoms with Crippen LogP contribution < -0.4 is 27.4 Å². The number of nitrogens with one attached hydrogen (secondary N) is 3. The van der Waals surface area contributed by atoms with Crippen molar-refractivity contribution in [2.75, 3.05) is 36.3 Å². The number of Topliss-reactive ketones (excluding diaryl/α,β-unsaturated/α-hetero) is 3. The van der Waals surface area contributed by atoms with Gasteiger partial charge in [0.2, 0.25) is 29.5 Å². The monoisotopic (exact) mass is 691 g/mol. The van der Waals surface area contributed by atoms with Crippen LogP contribution >= 0.6 is 36.2 Å². The van der Waals surface area contributed by atoms with Crippen molar-refractivity contribution in [2.24, 2.45) is 23.3 Å². The van der Waals surface area contributed by atoms with Gasteiger partial charge in [-0.05, 0) is 49.7 Å². The number of thiol groups is 1. The third-order valence-corrected chi connectivity index (χ3v) is 8.62.